The van der Waals surface area contributed by atoms with Gasteiger partial charge in [0.15, 0.2) is 5.65 Å². The maximum absolute atomic E-state index is 4.58. The molecule has 2 rings (SSSR count). The number of hydrogen-bond donors (Lipinski definition) is 2. The predicted octanol–water partition coefficient (Wildman–Crippen LogP) is 3.58. The molecule has 0 aliphatic carbocycles. The molecule has 0 saturated heterocycles. The molecule has 102 valence electrons. The number of nitrogens with zero attached hydrogens (tertiary/aromatic N) is 2. The average Bonchev–Trinajstić information content (AvgIpc) is 2.42. The van der Waals surface area contributed by atoms with Crippen molar-refractivity contribution in [2.24, 2.45) is 0 Å². The Morgan fingerprint density at radius 3 is 2.26 bits per heavy atom. The van der Waals surface area contributed by atoms with Crippen molar-refractivity contribution >= 4 is 22.7 Å². The fourth-order valence-electron chi connectivity index (χ4n) is 1.97. The molecule has 2 aromatic rings. The summed E-state index contributed by atoms with van der Waals surface area (Å²) < 4.78 is 0. The van der Waals surface area contributed by atoms with Gasteiger partial charge in [-0.2, -0.15) is 0 Å². The Morgan fingerprint density at radius 2 is 1.58 bits per heavy atom. The maximum atomic E-state index is 4.58. The zero-order valence-corrected chi connectivity index (χ0v) is 12.0. The molecule has 4 heteroatoms. The van der Waals surface area contributed by atoms with Gasteiger partial charge in [-0.25, -0.2) is 9.97 Å². The molecule has 0 aliphatic rings. The maximum Gasteiger partial charge on any atom is 0.164 e. The summed E-state index contributed by atoms with van der Waals surface area (Å²) in [6.07, 6.45) is 2.18. The van der Waals surface area contributed by atoms with E-state index in [1.54, 1.807) is 0 Å². The highest BCUT2D eigenvalue weighted by Gasteiger charge is 2.04. The van der Waals surface area contributed by atoms with E-state index in [1.807, 2.05) is 6.07 Å². The molecule has 4 nitrogen and oxygen atoms in total. The quantitative estimate of drug-likeness (QED) is 0.831. The number of aromatic nitrogens is 2. The topological polar surface area (TPSA) is 49.8 Å². The molecule has 19 heavy (non-hydrogen) atoms. The first-order chi connectivity index (χ1) is 9.24. The first-order valence-electron chi connectivity index (χ1n) is 7.00. The average molecular weight is 258 g/mol. The Hall–Kier alpha value is -1.84. The van der Waals surface area contributed by atoms with Gasteiger partial charge in [0.25, 0.3) is 0 Å². The molecule has 0 unspecified atom stereocenters. The van der Waals surface area contributed by atoms with E-state index in [4.69, 9.17) is 0 Å². The van der Waals surface area contributed by atoms with E-state index in [1.165, 1.54) is 5.56 Å². The molecule has 2 N–H and O–H groups in total. The highest BCUT2D eigenvalue weighted by Crippen LogP contribution is 2.20. The number of rotatable bonds is 6. The van der Waals surface area contributed by atoms with Crippen LogP contribution in [0.3, 0.4) is 0 Å². The number of aryl methyl sites for hydroxylation is 1. The molecule has 0 atom stereocenters. The van der Waals surface area contributed by atoms with Crippen LogP contribution in [-0.2, 0) is 0 Å². The zero-order chi connectivity index (χ0) is 13.7. The van der Waals surface area contributed by atoms with Gasteiger partial charge in [-0.05, 0) is 43.5 Å². The Balaban J connectivity index is 2.33. The van der Waals surface area contributed by atoms with E-state index >= 15 is 0 Å². The Labute approximate surface area is 114 Å². The van der Waals surface area contributed by atoms with Crippen molar-refractivity contribution in [3.63, 3.8) is 0 Å². The molecule has 0 spiro atoms. The van der Waals surface area contributed by atoms with Crippen LogP contribution in [0.4, 0.5) is 11.6 Å². The Bertz CT molecular complexity index is 546. The normalized spacial score (nSPS) is 10.7. The molecule has 0 saturated carbocycles. The van der Waals surface area contributed by atoms with Gasteiger partial charge in [0.05, 0.1) is 0 Å². The Kier molecular flexibility index (Phi) is 4.55. The van der Waals surface area contributed by atoms with Crippen molar-refractivity contribution in [3.05, 3.63) is 23.8 Å². The highest BCUT2D eigenvalue weighted by molar-refractivity contribution is 5.82. The smallest absolute Gasteiger partial charge is 0.164 e. The number of pyridine rings is 2. The molecule has 0 amide bonds. The van der Waals surface area contributed by atoms with Gasteiger partial charge in [-0.1, -0.05) is 13.8 Å². The summed E-state index contributed by atoms with van der Waals surface area (Å²) in [5.41, 5.74) is 2.01. The van der Waals surface area contributed by atoms with Crippen molar-refractivity contribution in [1.82, 2.24) is 9.97 Å². The first kappa shape index (κ1) is 13.6. The van der Waals surface area contributed by atoms with Crippen LogP contribution >= 0.6 is 0 Å². The van der Waals surface area contributed by atoms with Gasteiger partial charge in [0.2, 0.25) is 0 Å². The first-order valence-corrected chi connectivity index (χ1v) is 7.00. The fourth-order valence-corrected chi connectivity index (χ4v) is 1.97. The van der Waals surface area contributed by atoms with Gasteiger partial charge in [-0.15, -0.1) is 0 Å². The second kappa shape index (κ2) is 6.36. The lowest BCUT2D eigenvalue weighted by molar-refractivity contribution is 0.966. The summed E-state index contributed by atoms with van der Waals surface area (Å²) >= 11 is 0. The lowest BCUT2D eigenvalue weighted by Crippen LogP contribution is -2.05. The second-order valence-electron chi connectivity index (χ2n) is 4.75. The summed E-state index contributed by atoms with van der Waals surface area (Å²) in [5.74, 6) is 1.81. The third kappa shape index (κ3) is 3.34. The molecule has 2 aromatic heterocycles. The summed E-state index contributed by atoms with van der Waals surface area (Å²) in [7, 11) is 0. The lowest BCUT2D eigenvalue weighted by atomic mass is 10.2. The Morgan fingerprint density at radius 1 is 0.947 bits per heavy atom. The van der Waals surface area contributed by atoms with Gasteiger partial charge in [0.1, 0.15) is 11.6 Å². The summed E-state index contributed by atoms with van der Waals surface area (Å²) in [6, 6.07) is 6.19. The molecule has 0 radical (unpaired) electrons. The largest absolute Gasteiger partial charge is 0.370 e. The van der Waals surface area contributed by atoms with Crippen LogP contribution in [0.5, 0.6) is 0 Å². The van der Waals surface area contributed by atoms with E-state index in [9.17, 15) is 0 Å². The van der Waals surface area contributed by atoms with E-state index in [0.717, 1.165) is 48.6 Å². The molecule has 0 aliphatic heterocycles. The number of anilines is 2. The lowest BCUT2D eigenvalue weighted by Gasteiger charge is -2.09. The minimum absolute atomic E-state index is 0.805. The SMILES string of the molecule is CCCNc1ccc2c(C)cc(NCCC)nc2n1. The van der Waals surface area contributed by atoms with Crippen molar-refractivity contribution in [1.29, 1.82) is 0 Å². The van der Waals surface area contributed by atoms with Crippen LogP contribution in [0.2, 0.25) is 0 Å². The van der Waals surface area contributed by atoms with Crippen molar-refractivity contribution in [2.45, 2.75) is 33.6 Å². The molecule has 2 heterocycles. The number of fused-ring (bicyclic) bond motifs is 1. The van der Waals surface area contributed by atoms with Crippen molar-refractivity contribution < 1.29 is 0 Å². The third-order valence-corrected chi connectivity index (χ3v) is 2.99. The van der Waals surface area contributed by atoms with Gasteiger partial charge in [0, 0.05) is 18.5 Å². The summed E-state index contributed by atoms with van der Waals surface area (Å²) in [5, 5.41) is 7.73. The molecule has 0 aromatic carbocycles. The highest BCUT2D eigenvalue weighted by atomic mass is 15.0. The van der Waals surface area contributed by atoms with E-state index in [0.29, 0.717) is 0 Å². The molecular weight excluding hydrogens is 236 g/mol. The van der Waals surface area contributed by atoms with E-state index in [2.05, 4.69) is 53.5 Å². The van der Waals surface area contributed by atoms with Gasteiger partial charge < -0.3 is 10.6 Å². The van der Waals surface area contributed by atoms with Gasteiger partial charge in [-0.3, -0.25) is 0 Å². The van der Waals surface area contributed by atoms with E-state index in [-0.39, 0.29) is 0 Å². The molecule has 0 fully saturated rings. The minimum Gasteiger partial charge on any atom is -0.370 e. The van der Waals surface area contributed by atoms with Crippen molar-refractivity contribution in [3.8, 4) is 0 Å². The van der Waals surface area contributed by atoms with Gasteiger partial charge >= 0.3 is 0 Å². The van der Waals surface area contributed by atoms with Crippen LogP contribution < -0.4 is 10.6 Å². The number of nitrogens with one attached hydrogen (secondary N) is 2. The van der Waals surface area contributed by atoms with Crippen LogP contribution in [0.15, 0.2) is 18.2 Å². The van der Waals surface area contributed by atoms with E-state index < -0.39 is 0 Å². The number of hydrogen-bond acceptors (Lipinski definition) is 4. The molecular formula is C15H22N4. The van der Waals surface area contributed by atoms with Crippen LogP contribution in [0, 0.1) is 6.92 Å². The second-order valence-corrected chi connectivity index (χ2v) is 4.75. The minimum atomic E-state index is 0.805. The summed E-state index contributed by atoms with van der Waals surface area (Å²) in [6.45, 7) is 8.26. The van der Waals surface area contributed by atoms with Crippen LogP contribution in [0.1, 0.15) is 32.3 Å². The standard InChI is InChI=1S/C15H22N4/c1-4-8-16-13-7-6-12-11(3)10-14(17-9-5-2)19-15(12)18-13/h6-7,10H,4-5,8-9H2,1-3H3,(H2,16,17,18,19). The van der Waals surface area contributed by atoms with Crippen LogP contribution in [0.25, 0.3) is 11.0 Å². The predicted molar refractivity (Wildman–Crippen MR) is 81.8 cm³/mol. The third-order valence-electron chi connectivity index (χ3n) is 2.99. The van der Waals surface area contributed by atoms with Crippen LogP contribution in [-0.4, -0.2) is 23.1 Å². The monoisotopic (exact) mass is 258 g/mol. The fraction of sp³-hybridized carbons (Fsp3) is 0.467. The van der Waals surface area contributed by atoms with Crippen molar-refractivity contribution in [2.75, 3.05) is 23.7 Å². The molecule has 0 bridgehead atoms. The zero-order valence-electron chi connectivity index (χ0n) is 12.0. The summed E-state index contributed by atoms with van der Waals surface area (Å²) in [4.78, 5) is 9.16.